The van der Waals surface area contributed by atoms with E-state index in [9.17, 15) is 15.0 Å². The molecule has 4 nitrogen and oxygen atoms in total. The van der Waals surface area contributed by atoms with E-state index >= 15 is 0 Å². The van der Waals surface area contributed by atoms with Gasteiger partial charge in [0.15, 0.2) is 0 Å². The van der Waals surface area contributed by atoms with Crippen LogP contribution in [0.5, 0.6) is 0 Å². The summed E-state index contributed by atoms with van der Waals surface area (Å²) in [4.78, 5) is 12.5. The van der Waals surface area contributed by atoms with Crippen LogP contribution in [0.2, 0.25) is 0 Å². The van der Waals surface area contributed by atoms with Crippen molar-refractivity contribution in [3.05, 3.63) is 36.5 Å². The molecular weight excluding hydrogens is 771 g/mol. The van der Waals surface area contributed by atoms with Crippen LogP contribution in [0.1, 0.15) is 316 Å². The molecule has 0 radical (unpaired) electrons. The van der Waals surface area contributed by atoms with Crippen molar-refractivity contribution in [3.8, 4) is 0 Å². The van der Waals surface area contributed by atoms with Gasteiger partial charge in [-0.3, -0.25) is 4.79 Å². The van der Waals surface area contributed by atoms with E-state index < -0.39 is 12.1 Å². The quantitative estimate of drug-likeness (QED) is 0.0421. The molecule has 372 valence electrons. The van der Waals surface area contributed by atoms with Crippen LogP contribution in [0.15, 0.2) is 36.5 Å². The maximum atomic E-state index is 12.5. The van der Waals surface area contributed by atoms with Gasteiger partial charge >= 0.3 is 0 Å². The van der Waals surface area contributed by atoms with Crippen molar-refractivity contribution in [1.82, 2.24) is 5.32 Å². The minimum Gasteiger partial charge on any atom is -0.394 e. The first kappa shape index (κ1) is 61.6. The smallest absolute Gasteiger partial charge is 0.220 e. The Morgan fingerprint density at radius 1 is 0.381 bits per heavy atom. The topological polar surface area (TPSA) is 69.6 Å². The van der Waals surface area contributed by atoms with Gasteiger partial charge in [-0.05, 0) is 51.4 Å². The number of hydrogen-bond donors (Lipinski definition) is 3. The van der Waals surface area contributed by atoms with Gasteiger partial charge in [0.05, 0.1) is 18.8 Å². The Bertz CT molecular complexity index is 958. The lowest BCUT2D eigenvalue weighted by atomic mass is 10.0. The van der Waals surface area contributed by atoms with Crippen LogP contribution in [0.3, 0.4) is 0 Å². The monoisotopic (exact) mass is 884 g/mol. The van der Waals surface area contributed by atoms with Crippen LogP contribution in [-0.2, 0) is 4.79 Å². The molecular formula is C59H113NO3. The summed E-state index contributed by atoms with van der Waals surface area (Å²) in [5, 5.41) is 23.3. The Hall–Kier alpha value is -1.39. The third-order valence-corrected chi connectivity index (χ3v) is 13.4. The molecule has 4 heteroatoms. The average molecular weight is 885 g/mol. The minimum atomic E-state index is -0.657. The first-order valence-corrected chi connectivity index (χ1v) is 28.7. The highest BCUT2D eigenvalue weighted by atomic mass is 16.3. The summed E-state index contributed by atoms with van der Waals surface area (Å²) < 4.78 is 0. The van der Waals surface area contributed by atoms with Crippen molar-refractivity contribution in [2.45, 2.75) is 328 Å². The molecule has 0 aliphatic carbocycles. The van der Waals surface area contributed by atoms with Gasteiger partial charge in [0.2, 0.25) is 5.91 Å². The number of allylic oxidation sites excluding steroid dienone is 6. The maximum absolute atomic E-state index is 12.5. The molecule has 0 aromatic heterocycles. The second-order valence-electron chi connectivity index (χ2n) is 19.7. The molecule has 0 rings (SSSR count). The van der Waals surface area contributed by atoms with Crippen LogP contribution in [0, 0.1) is 0 Å². The van der Waals surface area contributed by atoms with Crippen molar-refractivity contribution in [1.29, 1.82) is 0 Å². The van der Waals surface area contributed by atoms with Crippen molar-refractivity contribution < 1.29 is 15.0 Å². The number of amides is 1. The van der Waals surface area contributed by atoms with Gasteiger partial charge < -0.3 is 15.5 Å². The van der Waals surface area contributed by atoms with Crippen molar-refractivity contribution in [3.63, 3.8) is 0 Å². The molecule has 63 heavy (non-hydrogen) atoms. The van der Waals surface area contributed by atoms with Crippen molar-refractivity contribution >= 4 is 5.91 Å². The second kappa shape index (κ2) is 54.9. The fourth-order valence-corrected chi connectivity index (χ4v) is 9.02. The number of nitrogens with one attached hydrogen (secondary N) is 1. The van der Waals surface area contributed by atoms with E-state index in [1.807, 2.05) is 0 Å². The summed E-state index contributed by atoms with van der Waals surface area (Å²) >= 11 is 0. The summed E-state index contributed by atoms with van der Waals surface area (Å²) in [5.41, 5.74) is 0. The number of hydrogen-bond acceptors (Lipinski definition) is 3. The van der Waals surface area contributed by atoms with Gasteiger partial charge in [0.25, 0.3) is 0 Å². The van der Waals surface area contributed by atoms with E-state index in [0.717, 1.165) is 38.5 Å². The SMILES string of the molecule is CCCCCCC/C=C\C/C=C\C/C=C\CCCCCCCCCCCCCCCCCCCCCCCCC(=O)NC(CO)C(O)CCCCCCCCCCCCCCCC. The zero-order valence-corrected chi connectivity index (χ0v) is 42.9. The fourth-order valence-electron chi connectivity index (χ4n) is 9.02. The Morgan fingerprint density at radius 3 is 0.968 bits per heavy atom. The van der Waals surface area contributed by atoms with E-state index in [1.54, 1.807) is 0 Å². The van der Waals surface area contributed by atoms with Crippen LogP contribution >= 0.6 is 0 Å². The predicted octanol–water partition coefficient (Wildman–Crippen LogP) is 18.9. The molecule has 1 amide bonds. The van der Waals surface area contributed by atoms with Gasteiger partial charge in [-0.2, -0.15) is 0 Å². The van der Waals surface area contributed by atoms with Crippen molar-refractivity contribution in [2.75, 3.05) is 6.61 Å². The highest BCUT2D eigenvalue weighted by molar-refractivity contribution is 5.76. The molecule has 0 aromatic rings. The molecule has 0 spiro atoms. The number of aliphatic hydroxyl groups is 2. The third-order valence-electron chi connectivity index (χ3n) is 13.4. The van der Waals surface area contributed by atoms with E-state index in [4.69, 9.17) is 0 Å². The highest BCUT2D eigenvalue weighted by Gasteiger charge is 2.20. The number of carbonyl (C=O) groups is 1. The molecule has 0 bridgehead atoms. The van der Waals surface area contributed by atoms with E-state index in [1.165, 1.54) is 250 Å². The standard InChI is InChI=1S/C59H113NO3/c1-3-5-7-9-11-13-15-17-19-20-21-22-23-24-25-26-27-28-29-30-31-32-33-34-35-36-37-38-39-40-41-43-45-47-49-51-53-55-59(63)60-57(56-61)58(62)54-52-50-48-46-44-42-18-16-14-12-10-8-6-4-2/h15,17,20-21,23-24,57-58,61-62H,3-14,16,18-19,22,25-56H2,1-2H3,(H,60,63)/b17-15-,21-20-,24-23-. The molecule has 0 heterocycles. The predicted molar refractivity (Wildman–Crippen MR) is 281 cm³/mol. The lowest BCUT2D eigenvalue weighted by Gasteiger charge is -2.22. The Labute approximate surface area is 395 Å². The van der Waals surface area contributed by atoms with Gasteiger partial charge in [-0.1, -0.05) is 294 Å². The van der Waals surface area contributed by atoms with Crippen LogP contribution < -0.4 is 5.32 Å². The van der Waals surface area contributed by atoms with Crippen LogP contribution in [-0.4, -0.2) is 34.9 Å². The summed E-state index contributed by atoms with van der Waals surface area (Å²) in [6.45, 7) is 4.37. The summed E-state index contributed by atoms with van der Waals surface area (Å²) in [6, 6.07) is -0.533. The lowest BCUT2D eigenvalue weighted by Crippen LogP contribution is -2.45. The maximum Gasteiger partial charge on any atom is 0.220 e. The number of rotatable bonds is 53. The van der Waals surface area contributed by atoms with Gasteiger partial charge in [-0.25, -0.2) is 0 Å². The summed E-state index contributed by atoms with van der Waals surface area (Å²) in [7, 11) is 0. The normalized spacial score (nSPS) is 13.0. The Kier molecular flexibility index (Phi) is 53.7. The first-order chi connectivity index (χ1) is 31.2. The first-order valence-electron chi connectivity index (χ1n) is 28.7. The molecule has 0 aromatic carbocycles. The molecule has 2 atom stereocenters. The van der Waals surface area contributed by atoms with Gasteiger partial charge in [-0.15, -0.1) is 0 Å². The fraction of sp³-hybridized carbons (Fsp3) is 0.881. The minimum absolute atomic E-state index is 0.0263. The highest BCUT2D eigenvalue weighted by Crippen LogP contribution is 2.18. The Morgan fingerprint density at radius 2 is 0.651 bits per heavy atom. The van der Waals surface area contributed by atoms with Crippen LogP contribution in [0.25, 0.3) is 0 Å². The molecule has 2 unspecified atom stereocenters. The molecule has 0 saturated heterocycles. The van der Waals surface area contributed by atoms with E-state index in [-0.39, 0.29) is 12.5 Å². The Balaban J connectivity index is 3.38. The zero-order chi connectivity index (χ0) is 45.6. The average Bonchev–Trinajstić information content (AvgIpc) is 3.29. The second-order valence-corrected chi connectivity index (χ2v) is 19.7. The third kappa shape index (κ3) is 51.5. The number of aliphatic hydroxyl groups excluding tert-OH is 2. The molecule has 0 fully saturated rings. The molecule has 0 aliphatic heterocycles. The molecule has 3 N–H and O–H groups in total. The van der Waals surface area contributed by atoms with Gasteiger partial charge in [0.1, 0.15) is 0 Å². The van der Waals surface area contributed by atoms with E-state index in [0.29, 0.717) is 12.8 Å². The summed E-state index contributed by atoms with van der Waals surface area (Å²) in [5.74, 6) is -0.0263. The van der Waals surface area contributed by atoms with Crippen molar-refractivity contribution in [2.24, 2.45) is 0 Å². The molecule has 0 saturated carbocycles. The summed E-state index contributed by atoms with van der Waals surface area (Å²) in [6.07, 6.45) is 74.3. The lowest BCUT2D eigenvalue weighted by molar-refractivity contribution is -0.123. The molecule has 0 aliphatic rings. The number of carbonyl (C=O) groups excluding carboxylic acids is 1. The largest absolute Gasteiger partial charge is 0.394 e. The van der Waals surface area contributed by atoms with Crippen LogP contribution in [0.4, 0.5) is 0 Å². The zero-order valence-electron chi connectivity index (χ0n) is 42.9. The number of unbranched alkanes of at least 4 members (excludes halogenated alkanes) is 40. The van der Waals surface area contributed by atoms with E-state index in [2.05, 4.69) is 55.6 Å². The van der Waals surface area contributed by atoms with Gasteiger partial charge in [0, 0.05) is 6.42 Å².